The van der Waals surface area contributed by atoms with Gasteiger partial charge in [0.15, 0.2) is 0 Å². The summed E-state index contributed by atoms with van der Waals surface area (Å²) in [7, 11) is 0. The summed E-state index contributed by atoms with van der Waals surface area (Å²) in [5, 5.41) is 4.76. The van der Waals surface area contributed by atoms with Crippen molar-refractivity contribution in [3.8, 4) is 0 Å². The molecule has 0 aliphatic carbocycles. The molecule has 10 heteroatoms. The van der Waals surface area contributed by atoms with Crippen LogP contribution in [-0.2, 0) is 21.9 Å². The third-order valence-corrected chi connectivity index (χ3v) is 2.41. The third-order valence-electron chi connectivity index (χ3n) is 2.41. The number of amides is 2. The van der Waals surface area contributed by atoms with E-state index in [0.29, 0.717) is 0 Å². The van der Waals surface area contributed by atoms with Crippen LogP contribution < -0.4 is 10.6 Å². The molecule has 20 heavy (non-hydrogen) atoms. The molecule has 0 atom stereocenters. The van der Waals surface area contributed by atoms with E-state index in [-0.39, 0.29) is 12.1 Å². The number of nitrogens with one attached hydrogen (secondary N) is 1. The summed E-state index contributed by atoms with van der Waals surface area (Å²) < 4.78 is 75.7. The van der Waals surface area contributed by atoms with E-state index in [1.54, 1.807) is 5.32 Å². The molecule has 0 spiro atoms. The van der Waals surface area contributed by atoms with Gasteiger partial charge in [-0.1, -0.05) is 0 Å². The van der Waals surface area contributed by atoms with Gasteiger partial charge in [-0.25, -0.2) is 5.32 Å². The first-order chi connectivity index (χ1) is 9.00. The van der Waals surface area contributed by atoms with Crippen molar-refractivity contribution in [3.05, 3.63) is 23.3 Å². The number of carbonyl (C=O) groups excluding carboxylic acids is 2. The molecule has 2 amide bonds. The topological polar surface area (TPSA) is 60.3 Å². The highest BCUT2D eigenvalue weighted by atomic mass is 19.4. The van der Waals surface area contributed by atoms with Gasteiger partial charge >= 0.3 is 24.2 Å². The maximum Gasteiger partial charge on any atom is 0.417 e. The molecular formula is C10H3F6N2O2. The second-order valence-corrected chi connectivity index (χ2v) is 3.78. The van der Waals surface area contributed by atoms with E-state index < -0.39 is 46.7 Å². The zero-order chi connectivity index (χ0) is 15.3. The number of hydrogen-bond donors (Lipinski definition) is 1. The van der Waals surface area contributed by atoms with Crippen LogP contribution in [0, 0.1) is 0 Å². The van der Waals surface area contributed by atoms with Gasteiger partial charge in [-0.15, -0.1) is 0 Å². The Morgan fingerprint density at radius 2 is 1.40 bits per heavy atom. The number of nitrogens with zero attached hydrogens (tertiary/aromatic N) is 1. The van der Waals surface area contributed by atoms with Gasteiger partial charge < -0.3 is 5.32 Å². The lowest BCUT2D eigenvalue weighted by Gasteiger charge is -2.21. The standard InChI is InChI=1S/C10H3F6N2O2/c11-9(12,13)3-1-5-6(2-4(3)10(14,15)16)18-8(20)7(19)17-5/h1-2H,(H,17,19). The first kappa shape index (κ1) is 14.2. The monoisotopic (exact) mass is 297 g/mol. The molecule has 1 aromatic rings. The van der Waals surface area contributed by atoms with E-state index in [1.165, 1.54) is 0 Å². The van der Waals surface area contributed by atoms with Gasteiger partial charge in [0.05, 0.1) is 22.5 Å². The Balaban J connectivity index is 2.67. The van der Waals surface area contributed by atoms with E-state index in [1.807, 2.05) is 0 Å². The Kier molecular flexibility index (Phi) is 2.91. The van der Waals surface area contributed by atoms with Gasteiger partial charge in [0, 0.05) is 0 Å². The predicted octanol–water partition coefficient (Wildman–Crippen LogP) is 2.44. The zero-order valence-corrected chi connectivity index (χ0v) is 9.19. The number of rotatable bonds is 0. The number of benzene rings is 1. The lowest BCUT2D eigenvalue weighted by molar-refractivity contribution is -0.162. The fraction of sp³-hybridized carbons (Fsp3) is 0.200. The first-order valence-corrected chi connectivity index (χ1v) is 4.89. The Hall–Kier alpha value is -2.26. The van der Waals surface area contributed by atoms with Crippen molar-refractivity contribution in [1.29, 1.82) is 0 Å². The quantitative estimate of drug-likeness (QED) is 0.590. The normalized spacial score (nSPS) is 15.5. The van der Waals surface area contributed by atoms with Crippen molar-refractivity contribution in [2.75, 3.05) is 5.32 Å². The summed E-state index contributed by atoms with van der Waals surface area (Å²) in [4.78, 5) is 21.9. The minimum atomic E-state index is -5.28. The fourth-order valence-electron chi connectivity index (χ4n) is 1.59. The number of anilines is 1. The number of alkyl halides is 6. The van der Waals surface area contributed by atoms with Gasteiger partial charge in [-0.05, 0) is 12.1 Å². The van der Waals surface area contributed by atoms with Crippen LogP contribution in [0.1, 0.15) is 11.1 Å². The van der Waals surface area contributed by atoms with Crippen LogP contribution in [0.25, 0.3) is 0 Å². The van der Waals surface area contributed by atoms with Gasteiger partial charge in [0.2, 0.25) is 0 Å². The molecule has 0 saturated carbocycles. The van der Waals surface area contributed by atoms with E-state index in [0.717, 1.165) is 0 Å². The molecule has 107 valence electrons. The van der Waals surface area contributed by atoms with Crippen molar-refractivity contribution in [3.63, 3.8) is 0 Å². The maximum atomic E-state index is 12.6. The molecule has 1 aliphatic heterocycles. The summed E-state index contributed by atoms with van der Waals surface area (Å²) in [6.07, 6.45) is -10.5. The van der Waals surface area contributed by atoms with E-state index >= 15 is 0 Å². The Morgan fingerprint density at radius 1 is 0.900 bits per heavy atom. The second kappa shape index (κ2) is 4.12. The zero-order valence-electron chi connectivity index (χ0n) is 9.19. The first-order valence-electron chi connectivity index (χ1n) is 4.89. The molecule has 0 fully saturated rings. The van der Waals surface area contributed by atoms with Crippen LogP contribution in [0.2, 0.25) is 0 Å². The van der Waals surface area contributed by atoms with Crippen LogP contribution in [0.4, 0.5) is 37.7 Å². The fourth-order valence-corrected chi connectivity index (χ4v) is 1.59. The summed E-state index contributed by atoms with van der Waals surface area (Å²) in [6, 6.07) is 0.182. The molecule has 1 aromatic carbocycles. The van der Waals surface area contributed by atoms with E-state index in [2.05, 4.69) is 5.32 Å². The molecule has 4 nitrogen and oxygen atoms in total. The molecule has 0 aromatic heterocycles. The summed E-state index contributed by atoms with van der Waals surface area (Å²) in [6.45, 7) is 0. The molecule has 1 heterocycles. The smallest absolute Gasteiger partial charge is 0.316 e. The number of halogens is 6. The van der Waals surface area contributed by atoms with Crippen molar-refractivity contribution in [1.82, 2.24) is 5.32 Å². The lowest BCUT2D eigenvalue weighted by Crippen LogP contribution is -2.34. The Morgan fingerprint density at radius 3 is 1.90 bits per heavy atom. The Bertz CT molecular complexity index is 552. The van der Waals surface area contributed by atoms with Crippen LogP contribution in [0.5, 0.6) is 0 Å². The van der Waals surface area contributed by atoms with Crippen molar-refractivity contribution in [2.24, 2.45) is 0 Å². The highest BCUT2D eigenvalue weighted by Gasteiger charge is 2.44. The van der Waals surface area contributed by atoms with Crippen molar-refractivity contribution >= 4 is 23.2 Å². The maximum absolute atomic E-state index is 12.6. The number of carbonyl (C=O) groups is 2. The average molecular weight is 297 g/mol. The SMILES string of the molecule is O=C1[N]c2cc(C(F)(F)F)c(C(F)(F)F)cc2NC1=O. The van der Waals surface area contributed by atoms with Gasteiger partial charge in [-0.2, -0.15) is 26.3 Å². The van der Waals surface area contributed by atoms with E-state index in [9.17, 15) is 35.9 Å². The van der Waals surface area contributed by atoms with Crippen LogP contribution in [0.15, 0.2) is 12.1 Å². The summed E-state index contributed by atoms with van der Waals surface area (Å²) in [5.74, 6) is -2.70. The number of fused-ring (bicyclic) bond motifs is 1. The highest BCUT2D eigenvalue weighted by molar-refractivity contribution is 6.42. The molecule has 1 aliphatic rings. The molecule has 2 rings (SSSR count). The molecule has 0 saturated heterocycles. The third kappa shape index (κ3) is 2.40. The van der Waals surface area contributed by atoms with Crippen LogP contribution in [-0.4, -0.2) is 11.8 Å². The van der Waals surface area contributed by atoms with E-state index in [4.69, 9.17) is 0 Å². The van der Waals surface area contributed by atoms with Crippen LogP contribution in [0.3, 0.4) is 0 Å². The Labute approximate surface area is 106 Å². The van der Waals surface area contributed by atoms with Gasteiger partial charge in [-0.3, -0.25) is 9.59 Å². The molecule has 0 bridgehead atoms. The molecule has 1 N–H and O–H groups in total. The summed E-state index contributed by atoms with van der Waals surface area (Å²) >= 11 is 0. The molecule has 1 radical (unpaired) electrons. The van der Waals surface area contributed by atoms with Crippen molar-refractivity contribution in [2.45, 2.75) is 12.4 Å². The molecular weight excluding hydrogens is 294 g/mol. The number of hydrogen-bond acceptors (Lipinski definition) is 2. The minimum Gasteiger partial charge on any atom is -0.316 e. The van der Waals surface area contributed by atoms with Gasteiger partial charge in [0.1, 0.15) is 0 Å². The van der Waals surface area contributed by atoms with Gasteiger partial charge in [0.25, 0.3) is 0 Å². The molecule has 0 unspecified atom stereocenters. The van der Waals surface area contributed by atoms with Crippen molar-refractivity contribution < 1.29 is 35.9 Å². The average Bonchev–Trinajstić information content (AvgIpc) is 2.26. The lowest BCUT2D eigenvalue weighted by atomic mass is 10.0. The summed E-state index contributed by atoms with van der Waals surface area (Å²) in [5.41, 5.74) is -5.21. The van der Waals surface area contributed by atoms with Crippen LogP contribution >= 0.6 is 0 Å². The predicted molar refractivity (Wildman–Crippen MR) is 51.9 cm³/mol. The highest BCUT2D eigenvalue weighted by Crippen LogP contribution is 2.44. The largest absolute Gasteiger partial charge is 0.417 e. The minimum absolute atomic E-state index is 0.0789. The second-order valence-electron chi connectivity index (χ2n) is 3.78.